The van der Waals surface area contributed by atoms with Crippen LogP contribution in [-0.4, -0.2) is 88.6 Å². The number of hydrogen-bond donors (Lipinski definition) is 1. The van der Waals surface area contributed by atoms with Crippen LogP contribution in [0.3, 0.4) is 0 Å². The molecule has 12 heteroatoms. The maximum Gasteiger partial charge on any atom is 0.316 e. The van der Waals surface area contributed by atoms with E-state index in [2.05, 4.69) is 12.2 Å². The van der Waals surface area contributed by atoms with Crippen molar-refractivity contribution in [3.8, 4) is 0 Å². The van der Waals surface area contributed by atoms with Gasteiger partial charge in [-0.15, -0.1) is 0 Å². The van der Waals surface area contributed by atoms with Crippen LogP contribution in [0.15, 0.2) is 0 Å². The second-order valence-electron chi connectivity index (χ2n) is 5.26. The van der Waals surface area contributed by atoms with Crippen LogP contribution in [0, 0.1) is 6.92 Å². The molecule has 2 fully saturated rings. The molecule has 0 aliphatic carbocycles. The summed E-state index contributed by atoms with van der Waals surface area (Å²) in [4.78, 5) is 14.8. The third-order valence-electron chi connectivity index (χ3n) is 3.31. The van der Waals surface area contributed by atoms with Gasteiger partial charge in [0.2, 0.25) is 0 Å². The zero-order valence-electron chi connectivity index (χ0n) is 13.6. The summed E-state index contributed by atoms with van der Waals surface area (Å²) in [6, 6.07) is -0.0881. The number of nitrogens with two attached hydrogens (primary N) is 1. The summed E-state index contributed by atoms with van der Waals surface area (Å²) < 4.78 is 43.6. The molecule has 0 saturated carbocycles. The fourth-order valence-electron chi connectivity index (χ4n) is 1.93. The standard InChI is InChI=1S/C7H12N3O3S.C5H12NO2S.Y/c11-7(10-5-8-6-10)9-1-3-14(12,13)4-2-9;1-2-4-9(7,8)5-3-6;/h1-6H2;1-6H2;/q2*-1;. The van der Waals surface area contributed by atoms with Gasteiger partial charge in [-0.05, 0) is 0 Å². The molecule has 2 heterocycles. The van der Waals surface area contributed by atoms with Crippen LogP contribution < -0.4 is 5.73 Å². The normalized spacial score (nSPS) is 19.4. The molecule has 0 bridgehead atoms. The second-order valence-corrected chi connectivity index (χ2v) is 9.87. The smallest absolute Gasteiger partial charge is 0.316 e. The van der Waals surface area contributed by atoms with Crippen LogP contribution >= 0.6 is 0 Å². The molecule has 0 atom stereocenters. The van der Waals surface area contributed by atoms with E-state index in [1.165, 1.54) is 0 Å². The number of hydrogen-bond acceptors (Lipinski definition) is 6. The molecule has 9 nitrogen and oxygen atoms in total. The van der Waals surface area contributed by atoms with Crippen LogP contribution in [0.25, 0.3) is 5.32 Å². The fourth-order valence-corrected chi connectivity index (χ4v) is 4.13. The third-order valence-corrected chi connectivity index (χ3v) is 6.69. The summed E-state index contributed by atoms with van der Waals surface area (Å²) in [5.74, 6) is 0.417. The van der Waals surface area contributed by atoms with Crippen molar-refractivity contribution in [1.29, 1.82) is 0 Å². The summed E-state index contributed by atoms with van der Waals surface area (Å²) in [5.41, 5.74) is 5.05. The summed E-state index contributed by atoms with van der Waals surface area (Å²) in [6.45, 7) is 5.17. The predicted octanol–water partition coefficient (Wildman–Crippen LogP) is -0.977. The molecule has 139 valence electrons. The first kappa shape index (κ1) is 24.2. The second kappa shape index (κ2) is 11.0. The molecule has 1 radical (unpaired) electrons. The molecule has 0 aromatic rings. The zero-order chi connectivity index (χ0) is 17.5. The maximum atomic E-state index is 11.6. The van der Waals surface area contributed by atoms with Crippen molar-refractivity contribution < 1.29 is 54.3 Å². The minimum Gasteiger partial charge on any atom is -0.628 e. The molecular weight excluding hydrogens is 433 g/mol. The average molecular weight is 457 g/mol. The number of carbonyl (C=O) groups is 1. The van der Waals surface area contributed by atoms with E-state index in [1.54, 1.807) is 9.80 Å². The number of amides is 2. The number of rotatable bonds is 4. The van der Waals surface area contributed by atoms with Crippen molar-refractivity contribution in [1.82, 2.24) is 9.80 Å². The summed E-state index contributed by atoms with van der Waals surface area (Å²) in [7, 11) is -5.77. The minimum absolute atomic E-state index is 0. The van der Waals surface area contributed by atoms with Crippen LogP contribution in [0.1, 0.15) is 6.42 Å². The topological polar surface area (TPSA) is 132 Å². The first-order chi connectivity index (χ1) is 10.7. The van der Waals surface area contributed by atoms with Gasteiger partial charge in [-0.2, -0.15) is 6.42 Å². The molecule has 2 saturated heterocycles. The molecular formula is C12H24N4O5S2Y-2. The van der Waals surface area contributed by atoms with Crippen molar-refractivity contribution in [3.05, 3.63) is 12.2 Å². The Labute approximate surface area is 169 Å². The third kappa shape index (κ3) is 8.53. The molecule has 2 rings (SSSR count). The molecule has 2 N–H and O–H groups in total. The van der Waals surface area contributed by atoms with E-state index in [-0.39, 0.29) is 68.3 Å². The van der Waals surface area contributed by atoms with Gasteiger partial charge in [-0.25, -0.2) is 21.6 Å². The molecule has 24 heavy (non-hydrogen) atoms. The summed E-state index contributed by atoms with van der Waals surface area (Å²) in [5, 5.41) is 3.90. The van der Waals surface area contributed by atoms with Crippen molar-refractivity contribution in [2.45, 2.75) is 6.42 Å². The Morgan fingerprint density at radius 2 is 1.67 bits per heavy atom. The van der Waals surface area contributed by atoms with E-state index < -0.39 is 19.7 Å². The van der Waals surface area contributed by atoms with Crippen molar-refractivity contribution in [2.75, 3.05) is 56.0 Å². The SMILES string of the molecule is O=C(N1CCS(=O)(=O)CC1)N1C[N-]C1.[CH2-]CCS(=O)(=O)CCN.[Y]. The monoisotopic (exact) mass is 457 g/mol. The Balaban J connectivity index is 0.000000468. The average Bonchev–Trinajstić information content (AvgIpc) is 2.36. The van der Waals surface area contributed by atoms with E-state index in [0.29, 0.717) is 32.8 Å². The largest absolute Gasteiger partial charge is 0.628 e. The van der Waals surface area contributed by atoms with Crippen LogP contribution in [0.2, 0.25) is 0 Å². The molecule has 0 spiro atoms. The zero-order valence-corrected chi connectivity index (χ0v) is 18.1. The number of carbonyl (C=O) groups excluding carboxylic acids is 1. The number of sulfone groups is 2. The predicted molar refractivity (Wildman–Crippen MR) is 88.2 cm³/mol. The molecule has 2 amide bonds. The Hall–Kier alpha value is 0.194. The Kier molecular flexibility index (Phi) is 11.1. The number of urea groups is 1. The van der Waals surface area contributed by atoms with Gasteiger partial charge in [0.25, 0.3) is 0 Å². The van der Waals surface area contributed by atoms with Gasteiger partial charge in [0.1, 0.15) is 9.84 Å². The van der Waals surface area contributed by atoms with Gasteiger partial charge in [0.05, 0.1) is 17.3 Å². The van der Waals surface area contributed by atoms with Crippen molar-refractivity contribution in [3.63, 3.8) is 0 Å². The van der Waals surface area contributed by atoms with Gasteiger partial charge in [-0.3, -0.25) is 0 Å². The summed E-state index contributed by atoms with van der Waals surface area (Å²) in [6.07, 6.45) is 0.433. The van der Waals surface area contributed by atoms with Crippen molar-refractivity contribution in [2.24, 2.45) is 5.73 Å². The molecule has 0 aromatic carbocycles. The van der Waals surface area contributed by atoms with E-state index in [1.807, 2.05) is 0 Å². The van der Waals surface area contributed by atoms with Crippen LogP contribution in [0.5, 0.6) is 0 Å². The van der Waals surface area contributed by atoms with Crippen LogP contribution in [-0.2, 0) is 52.4 Å². The van der Waals surface area contributed by atoms with Gasteiger partial charge >= 0.3 is 6.03 Å². The van der Waals surface area contributed by atoms with Gasteiger partial charge in [-0.1, -0.05) is 13.3 Å². The van der Waals surface area contributed by atoms with Gasteiger partial charge in [0.15, 0.2) is 9.84 Å². The molecule has 0 unspecified atom stereocenters. The first-order valence-electron chi connectivity index (χ1n) is 7.28. The number of nitrogens with zero attached hydrogens (tertiary/aromatic N) is 3. The molecule has 2 aliphatic heterocycles. The maximum absolute atomic E-state index is 11.6. The first-order valence-corrected chi connectivity index (χ1v) is 10.9. The quantitative estimate of drug-likeness (QED) is 0.540. The van der Waals surface area contributed by atoms with Crippen molar-refractivity contribution >= 4 is 25.7 Å². The van der Waals surface area contributed by atoms with E-state index in [9.17, 15) is 21.6 Å². The fraction of sp³-hybridized carbons (Fsp3) is 0.833. The Morgan fingerprint density at radius 1 is 1.12 bits per heavy atom. The Morgan fingerprint density at radius 3 is 2.04 bits per heavy atom. The van der Waals surface area contributed by atoms with Gasteiger partial charge in [0, 0.05) is 58.1 Å². The van der Waals surface area contributed by atoms with E-state index >= 15 is 0 Å². The van der Waals surface area contributed by atoms with E-state index in [4.69, 9.17) is 5.73 Å². The van der Waals surface area contributed by atoms with Crippen LogP contribution in [0.4, 0.5) is 4.79 Å². The molecule has 2 aliphatic rings. The molecule has 0 aromatic heterocycles. The Bertz CT molecular complexity index is 567. The van der Waals surface area contributed by atoms with E-state index in [0.717, 1.165) is 0 Å². The van der Waals surface area contributed by atoms with Gasteiger partial charge < -0.3 is 27.8 Å². The summed E-state index contributed by atoms with van der Waals surface area (Å²) >= 11 is 0. The minimum atomic E-state index is -2.90.